The summed E-state index contributed by atoms with van der Waals surface area (Å²) in [7, 11) is 61.9. The summed E-state index contributed by atoms with van der Waals surface area (Å²) in [6.07, 6.45) is 0. The topological polar surface area (TPSA) is 24.7 Å². The Labute approximate surface area is 356 Å². The average Bonchev–Trinajstić information content (AvgIpc) is 2.85. The van der Waals surface area contributed by atoms with Gasteiger partial charge < -0.3 is 0 Å². The maximum Gasteiger partial charge on any atom is 0.0990 e. The van der Waals surface area contributed by atoms with Crippen LogP contribution in [0.2, 0.25) is 0 Å². The van der Waals surface area contributed by atoms with Gasteiger partial charge in [-0.05, 0) is 83.8 Å². The lowest BCUT2D eigenvalue weighted by Crippen LogP contribution is -1.60. The van der Waals surface area contributed by atoms with Crippen LogP contribution in [0.5, 0.6) is 0 Å². The van der Waals surface area contributed by atoms with Crippen LogP contribution < -0.4 is 0 Å². The van der Waals surface area contributed by atoms with Gasteiger partial charge in [-0.2, -0.15) is 8.27 Å². The van der Waals surface area contributed by atoms with E-state index in [9.17, 15) is 0 Å². The molecule has 274 valence electrons. The Bertz CT molecular complexity index is 705. The fraction of sp³-hybridized carbons (Fsp3) is 1.00. The lowest BCUT2D eigenvalue weighted by Gasteiger charge is -2.43. The van der Waals surface area contributed by atoms with Gasteiger partial charge in [0.1, 0.15) is 0 Å². The Hall–Kier alpha value is 16.8. The second-order valence-electron chi connectivity index (χ2n) is 6.20. The summed E-state index contributed by atoms with van der Waals surface area (Å²) in [6.45, 7) is -1.22. The van der Waals surface area contributed by atoms with Gasteiger partial charge in [0.2, 0.25) is 0 Å². The van der Waals surface area contributed by atoms with Crippen molar-refractivity contribution in [2.75, 3.05) is 0 Å². The first-order chi connectivity index (χ1) is 19.6. The van der Waals surface area contributed by atoms with E-state index in [0.29, 0.717) is 0 Å². The van der Waals surface area contributed by atoms with Crippen molar-refractivity contribution in [2.45, 2.75) is 14.9 Å². The molecule has 0 aliphatic carbocycles. The van der Waals surface area contributed by atoms with Crippen LogP contribution in [0, 0.1) is 0 Å². The van der Waals surface area contributed by atoms with Crippen molar-refractivity contribution in [3.63, 3.8) is 0 Å². The summed E-state index contributed by atoms with van der Waals surface area (Å²) in [5.41, 5.74) is 0. The smallest absolute Gasteiger partial charge is 0.0990 e. The first-order valence-electron chi connectivity index (χ1n) is 9.38. The van der Waals surface area contributed by atoms with Gasteiger partial charge in [-0.1, -0.05) is 22.8 Å². The zero-order valence-corrected chi connectivity index (χ0v) is 63.6. The van der Waals surface area contributed by atoms with Crippen LogP contribution in [0.3, 0.4) is 0 Å². The number of hydrogen-bond acceptors (Lipinski definition) is 4. The normalized spacial score (nSPS) is 16.1. The molecule has 0 saturated carbocycles. The molecule has 43 heteroatoms. The van der Waals surface area contributed by atoms with Crippen molar-refractivity contribution in [2.24, 2.45) is 8.27 Å². The van der Waals surface area contributed by atoms with E-state index in [2.05, 4.69) is 187 Å². The summed E-state index contributed by atoms with van der Waals surface area (Å²) in [6, 6.07) is 0. The molecular weight excluding hydrogens is 1320 g/mol. The highest BCUT2D eigenvalue weighted by atomic mass is 33.4. The highest BCUT2D eigenvalue weighted by molar-refractivity contribution is 9.32. The standard InChI is InChI=1S/2CH4.H21NP20S.H20NP19S/c;;2-12-18(11)20(21(16(7)8)17(9)10)13(1-22)19(14(3)4)15(5)6;2-13(3)18(14(4)5)12(1-21)19(15(6)7)20(16(8)9)17(10)11/h2*1H4;12H,2-11H2;2-11H2. The monoisotopic (exact) mass is 1370 g/mol. The quantitative estimate of drug-likeness (QED) is 0.120. The van der Waals surface area contributed by atoms with E-state index < -0.39 is 0 Å². The lowest BCUT2D eigenvalue weighted by atomic mass is 12.0. The number of hydrogen-bond donors (Lipinski definition) is 0. The molecule has 0 spiro atoms. The molecule has 0 amide bonds. The molecular formula is C2H49N2P39S2. The van der Waals surface area contributed by atoms with Gasteiger partial charge in [0, 0.05) is 52.8 Å². The molecule has 26 atom stereocenters. The van der Waals surface area contributed by atoms with E-state index in [-0.39, 0.29) is 142 Å². The highest BCUT2D eigenvalue weighted by Gasteiger charge is 2.44. The molecule has 2 nitrogen and oxygen atoms in total. The minimum atomic E-state index is -0.369. The van der Waals surface area contributed by atoms with Gasteiger partial charge in [0.15, 0.2) is 0 Å². The minimum Gasteiger partial charge on any atom is -0.185 e. The Balaban J connectivity index is -0.000000358. The first kappa shape index (κ1) is 68.4. The van der Waals surface area contributed by atoms with Crippen molar-refractivity contribution in [3.05, 3.63) is 0 Å². The summed E-state index contributed by atoms with van der Waals surface area (Å²) >= 11 is 10.7. The van der Waals surface area contributed by atoms with Crippen molar-refractivity contribution in [3.8, 4) is 0 Å². The maximum absolute atomic E-state index is 5.39. The highest BCUT2D eigenvalue weighted by Crippen LogP contribution is 3.29. The molecule has 0 aromatic heterocycles. The van der Waals surface area contributed by atoms with Crippen LogP contribution in [0.1, 0.15) is 14.9 Å². The predicted molar refractivity (Wildman–Crippen MR) is 360 cm³/mol. The van der Waals surface area contributed by atoms with Crippen molar-refractivity contribution >= 4 is 338 Å². The number of rotatable bonds is 19. The van der Waals surface area contributed by atoms with Crippen molar-refractivity contribution < 1.29 is 0 Å². The Morgan fingerprint density at radius 3 is 0.711 bits per heavy atom. The van der Waals surface area contributed by atoms with Gasteiger partial charge in [-0.15, -0.1) is 179 Å². The molecule has 0 heterocycles. The second-order valence-corrected chi connectivity index (χ2v) is 158. The third-order valence-corrected chi connectivity index (χ3v) is 241. The third-order valence-electron chi connectivity index (χ3n) is 3.29. The molecule has 0 N–H and O–H groups in total. The fourth-order valence-corrected chi connectivity index (χ4v) is 419. The lowest BCUT2D eigenvalue weighted by molar-refractivity contribution is 2.10. The Kier molecular flexibility index (Phi) is 60.7. The fourth-order valence-electron chi connectivity index (χ4n) is 2.04. The van der Waals surface area contributed by atoms with Gasteiger partial charge >= 0.3 is 0 Å². The van der Waals surface area contributed by atoms with Crippen molar-refractivity contribution in [1.82, 2.24) is 0 Å². The SMILES string of the molecule is C.C.PP(P)P(P(P)P)P(N=S)P(P(P)P)P(P(P)P)P(P)P.PPP(P)P(P(N=S)P(P(P)P)P(P)P)P(P(P)P)P(P)P. The predicted octanol–water partition coefficient (Wildman–Crippen LogP) is 24.2. The van der Waals surface area contributed by atoms with Gasteiger partial charge in [-0.25, -0.2) is 0 Å². The van der Waals surface area contributed by atoms with E-state index in [1.165, 1.54) is 0 Å². The van der Waals surface area contributed by atoms with E-state index in [0.717, 1.165) is 7.96 Å². The second kappa shape index (κ2) is 39.9. The molecule has 0 aromatic carbocycles. The van der Waals surface area contributed by atoms with Crippen molar-refractivity contribution in [1.29, 1.82) is 0 Å². The van der Waals surface area contributed by atoms with Gasteiger partial charge in [0.25, 0.3) is 0 Å². The van der Waals surface area contributed by atoms with Crippen LogP contribution in [0.15, 0.2) is 8.27 Å². The van der Waals surface area contributed by atoms with Gasteiger partial charge in [-0.3, -0.25) is 0 Å². The molecule has 0 bridgehead atoms. The van der Waals surface area contributed by atoms with Crippen LogP contribution in [0.25, 0.3) is 0 Å². The maximum atomic E-state index is 5.39. The van der Waals surface area contributed by atoms with E-state index in [4.69, 9.17) is 24.9 Å². The molecule has 0 rings (SSSR count). The van der Waals surface area contributed by atoms with Crippen LogP contribution in [0.4, 0.5) is 0 Å². The van der Waals surface area contributed by atoms with Crippen LogP contribution >= 0.6 is 313 Å². The molecule has 0 aromatic rings. The molecule has 0 aliphatic heterocycles. The first-order valence-corrected chi connectivity index (χ1v) is 79.9. The zero-order valence-electron chi connectivity index (χ0n) is 21.8. The van der Waals surface area contributed by atoms with Crippen LogP contribution in [-0.4, -0.2) is 0 Å². The number of nitrogens with zero attached hydrogens (tertiary/aromatic N) is 2. The molecule has 0 fully saturated rings. The Morgan fingerprint density at radius 2 is 0.533 bits per heavy atom. The summed E-state index contributed by atoms with van der Waals surface area (Å²) < 4.78 is 9.28. The third kappa shape index (κ3) is 27.9. The molecule has 26 unspecified atom stereocenters. The van der Waals surface area contributed by atoms with E-state index >= 15 is 0 Å². The summed E-state index contributed by atoms with van der Waals surface area (Å²) in [5, 5.41) is 0. The average molecular weight is 1370 g/mol. The summed E-state index contributed by atoms with van der Waals surface area (Å²) in [5.74, 6) is 0. The Morgan fingerprint density at radius 1 is 0.333 bits per heavy atom. The van der Waals surface area contributed by atoms with Crippen LogP contribution in [-0.2, 0) is 24.9 Å². The molecule has 0 saturated heterocycles. The van der Waals surface area contributed by atoms with E-state index in [1.54, 1.807) is 0 Å². The summed E-state index contributed by atoms with van der Waals surface area (Å²) in [4.78, 5) is 0. The zero-order chi connectivity index (χ0) is 34.5. The molecule has 45 heavy (non-hydrogen) atoms. The molecule has 0 radical (unpaired) electrons. The minimum absolute atomic E-state index is 0. The molecule has 0 aliphatic rings. The largest absolute Gasteiger partial charge is 0.185 e. The van der Waals surface area contributed by atoms with Gasteiger partial charge in [0.05, 0.1) is 14.9 Å². The van der Waals surface area contributed by atoms with E-state index in [1.807, 2.05) is 0 Å².